The maximum atomic E-state index is 12.1. The Morgan fingerprint density at radius 2 is 1.89 bits per heavy atom. The standard InChI is InChI=1S/C15H31N3O/c1-4-17(5-2)14-9-11-18(12-10-14)15(19)8-6-7-13(3)16/h13-14H,4-12,16H2,1-3H3. The van der Waals surface area contributed by atoms with Gasteiger partial charge in [0.1, 0.15) is 0 Å². The molecule has 1 aliphatic heterocycles. The van der Waals surface area contributed by atoms with Crippen LogP contribution in [-0.4, -0.2) is 54.0 Å². The lowest BCUT2D eigenvalue weighted by Gasteiger charge is -2.37. The van der Waals surface area contributed by atoms with Crippen LogP contribution >= 0.6 is 0 Å². The minimum absolute atomic E-state index is 0.209. The molecule has 0 radical (unpaired) electrons. The van der Waals surface area contributed by atoms with E-state index in [4.69, 9.17) is 5.73 Å². The second kappa shape index (κ2) is 8.54. The predicted octanol–water partition coefficient (Wildman–Crippen LogP) is 1.84. The fraction of sp³-hybridized carbons (Fsp3) is 0.933. The fourth-order valence-electron chi connectivity index (χ4n) is 2.95. The van der Waals surface area contributed by atoms with Crippen LogP contribution in [0.4, 0.5) is 0 Å². The number of nitrogens with two attached hydrogens (primary N) is 1. The van der Waals surface area contributed by atoms with Gasteiger partial charge in [-0.05, 0) is 45.7 Å². The molecule has 112 valence electrons. The van der Waals surface area contributed by atoms with Gasteiger partial charge in [0.05, 0.1) is 0 Å². The smallest absolute Gasteiger partial charge is 0.222 e. The van der Waals surface area contributed by atoms with Gasteiger partial charge in [0.15, 0.2) is 0 Å². The van der Waals surface area contributed by atoms with Crippen LogP contribution in [0.3, 0.4) is 0 Å². The molecular formula is C15H31N3O. The van der Waals surface area contributed by atoms with Crippen LogP contribution in [0.25, 0.3) is 0 Å². The summed E-state index contributed by atoms with van der Waals surface area (Å²) < 4.78 is 0. The maximum absolute atomic E-state index is 12.1. The summed E-state index contributed by atoms with van der Waals surface area (Å²) in [7, 11) is 0. The predicted molar refractivity (Wildman–Crippen MR) is 80.0 cm³/mol. The highest BCUT2D eigenvalue weighted by Crippen LogP contribution is 2.17. The van der Waals surface area contributed by atoms with Gasteiger partial charge in [-0.1, -0.05) is 13.8 Å². The van der Waals surface area contributed by atoms with Gasteiger partial charge in [-0.3, -0.25) is 4.79 Å². The second-order valence-corrected chi connectivity index (χ2v) is 5.70. The molecule has 0 aromatic rings. The summed E-state index contributed by atoms with van der Waals surface area (Å²) in [4.78, 5) is 16.6. The van der Waals surface area contributed by atoms with E-state index < -0.39 is 0 Å². The van der Waals surface area contributed by atoms with Crippen molar-refractivity contribution in [3.63, 3.8) is 0 Å². The van der Waals surface area contributed by atoms with Crippen molar-refractivity contribution in [3.8, 4) is 0 Å². The van der Waals surface area contributed by atoms with Gasteiger partial charge < -0.3 is 15.5 Å². The number of rotatable bonds is 7. The molecule has 1 saturated heterocycles. The Hall–Kier alpha value is -0.610. The molecule has 0 aliphatic carbocycles. The zero-order chi connectivity index (χ0) is 14.3. The second-order valence-electron chi connectivity index (χ2n) is 5.70. The third kappa shape index (κ3) is 5.49. The number of carbonyl (C=O) groups excluding carboxylic acids is 1. The number of amides is 1. The molecule has 1 heterocycles. The highest BCUT2D eigenvalue weighted by molar-refractivity contribution is 5.76. The van der Waals surface area contributed by atoms with Gasteiger partial charge in [0.2, 0.25) is 5.91 Å². The number of hydrogen-bond acceptors (Lipinski definition) is 3. The minimum atomic E-state index is 0.209. The highest BCUT2D eigenvalue weighted by Gasteiger charge is 2.25. The molecule has 2 N–H and O–H groups in total. The summed E-state index contributed by atoms with van der Waals surface area (Å²) in [6, 6.07) is 0.879. The van der Waals surface area contributed by atoms with Gasteiger partial charge in [-0.15, -0.1) is 0 Å². The van der Waals surface area contributed by atoms with Crippen molar-refractivity contribution >= 4 is 5.91 Å². The number of carbonyl (C=O) groups is 1. The lowest BCUT2D eigenvalue weighted by atomic mass is 10.0. The molecule has 19 heavy (non-hydrogen) atoms. The largest absolute Gasteiger partial charge is 0.343 e. The average molecular weight is 269 g/mol. The minimum Gasteiger partial charge on any atom is -0.343 e. The third-order valence-electron chi connectivity index (χ3n) is 4.20. The first-order valence-corrected chi connectivity index (χ1v) is 7.85. The first-order chi connectivity index (χ1) is 9.08. The molecule has 0 saturated carbocycles. The quantitative estimate of drug-likeness (QED) is 0.767. The lowest BCUT2D eigenvalue weighted by Crippen LogP contribution is -2.46. The molecule has 0 aromatic heterocycles. The van der Waals surface area contributed by atoms with Crippen LogP contribution in [0.15, 0.2) is 0 Å². The number of piperidine rings is 1. The SMILES string of the molecule is CCN(CC)C1CCN(C(=O)CCCC(C)N)CC1. The van der Waals surface area contributed by atoms with Gasteiger partial charge in [0.25, 0.3) is 0 Å². The number of likely N-dealkylation sites (tertiary alicyclic amines) is 1. The molecule has 4 nitrogen and oxygen atoms in total. The number of hydrogen-bond donors (Lipinski definition) is 1. The van der Waals surface area contributed by atoms with E-state index >= 15 is 0 Å². The first-order valence-electron chi connectivity index (χ1n) is 7.85. The molecule has 1 atom stereocenters. The summed E-state index contributed by atoms with van der Waals surface area (Å²) in [5.41, 5.74) is 5.71. The zero-order valence-electron chi connectivity index (χ0n) is 12.9. The average Bonchev–Trinajstić information content (AvgIpc) is 2.40. The van der Waals surface area contributed by atoms with Crippen molar-refractivity contribution in [2.45, 2.75) is 65.0 Å². The van der Waals surface area contributed by atoms with Gasteiger partial charge in [0, 0.05) is 31.6 Å². The topological polar surface area (TPSA) is 49.6 Å². The summed E-state index contributed by atoms with van der Waals surface area (Å²) >= 11 is 0. The van der Waals surface area contributed by atoms with E-state index in [0.29, 0.717) is 18.4 Å². The van der Waals surface area contributed by atoms with Crippen molar-refractivity contribution in [1.82, 2.24) is 9.80 Å². The van der Waals surface area contributed by atoms with E-state index in [9.17, 15) is 4.79 Å². The third-order valence-corrected chi connectivity index (χ3v) is 4.20. The van der Waals surface area contributed by atoms with Crippen molar-refractivity contribution in [2.75, 3.05) is 26.2 Å². The van der Waals surface area contributed by atoms with Crippen LogP contribution in [0.2, 0.25) is 0 Å². The zero-order valence-corrected chi connectivity index (χ0v) is 12.9. The van der Waals surface area contributed by atoms with Gasteiger partial charge >= 0.3 is 0 Å². The molecule has 0 aromatic carbocycles. The Morgan fingerprint density at radius 1 is 1.32 bits per heavy atom. The van der Waals surface area contributed by atoms with Gasteiger partial charge in [-0.2, -0.15) is 0 Å². The van der Waals surface area contributed by atoms with E-state index in [1.165, 1.54) is 0 Å². The summed E-state index contributed by atoms with van der Waals surface area (Å²) in [6.45, 7) is 10.5. The van der Waals surface area contributed by atoms with E-state index in [2.05, 4.69) is 18.7 Å². The van der Waals surface area contributed by atoms with Crippen LogP contribution in [0.1, 0.15) is 52.9 Å². The van der Waals surface area contributed by atoms with Crippen LogP contribution in [0, 0.1) is 0 Å². The molecule has 0 spiro atoms. The van der Waals surface area contributed by atoms with Crippen LogP contribution < -0.4 is 5.73 Å². The molecule has 1 aliphatic rings. The molecule has 1 rings (SSSR count). The molecule has 1 unspecified atom stereocenters. The molecule has 0 bridgehead atoms. The Morgan fingerprint density at radius 3 is 2.37 bits per heavy atom. The van der Waals surface area contributed by atoms with E-state index in [-0.39, 0.29) is 6.04 Å². The summed E-state index contributed by atoms with van der Waals surface area (Å²) in [6.07, 6.45) is 4.78. The highest BCUT2D eigenvalue weighted by atomic mass is 16.2. The van der Waals surface area contributed by atoms with E-state index in [1.54, 1.807) is 0 Å². The van der Waals surface area contributed by atoms with E-state index in [0.717, 1.165) is 51.9 Å². The number of nitrogens with zero attached hydrogens (tertiary/aromatic N) is 2. The maximum Gasteiger partial charge on any atom is 0.222 e. The molecule has 1 amide bonds. The fourth-order valence-corrected chi connectivity index (χ4v) is 2.95. The Kier molecular flexibility index (Phi) is 7.39. The van der Waals surface area contributed by atoms with Crippen molar-refractivity contribution in [3.05, 3.63) is 0 Å². The Bertz CT molecular complexity index is 256. The van der Waals surface area contributed by atoms with Crippen molar-refractivity contribution in [2.24, 2.45) is 5.73 Å². The molecule has 4 heteroatoms. The molecule has 1 fully saturated rings. The summed E-state index contributed by atoms with van der Waals surface area (Å²) in [5.74, 6) is 0.318. The lowest BCUT2D eigenvalue weighted by molar-refractivity contribution is -0.132. The molecular weight excluding hydrogens is 238 g/mol. The van der Waals surface area contributed by atoms with Crippen LogP contribution in [-0.2, 0) is 4.79 Å². The monoisotopic (exact) mass is 269 g/mol. The van der Waals surface area contributed by atoms with E-state index in [1.807, 2.05) is 11.8 Å². The normalized spacial score (nSPS) is 18.9. The van der Waals surface area contributed by atoms with Crippen molar-refractivity contribution < 1.29 is 4.79 Å². The Balaban J connectivity index is 2.27. The van der Waals surface area contributed by atoms with Crippen molar-refractivity contribution in [1.29, 1.82) is 0 Å². The first kappa shape index (κ1) is 16.4. The van der Waals surface area contributed by atoms with Crippen LogP contribution in [0.5, 0.6) is 0 Å². The Labute approximate surface area is 118 Å². The summed E-state index contributed by atoms with van der Waals surface area (Å²) in [5, 5.41) is 0. The van der Waals surface area contributed by atoms with Gasteiger partial charge in [-0.25, -0.2) is 0 Å².